The topological polar surface area (TPSA) is 42.7 Å². The second-order valence-corrected chi connectivity index (χ2v) is 5.41. The average Bonchev–Trinajstić information content (AvgIpc) is 2.86. The van der Waals surface area contributed by atoms with Crippen LogP contribution in [-0.4, -0.2) is 21.3 Å². The van der Waals surface area contributed by atoms with E-state index in [1.165, 1.54) is 5.56 Å². The summed E-state index contributed by atoms with van der Waals surface area (Å²) in [6, 6.07) is 4.15. The van der Waals surface area contributed by atoms with Crippen molar-refractivity contribution in [3.05, 3.63) is 47.0 Å². The predicted molar refractivity (Wildman–Crippen MR) is 81.8 cm³/mol. The van der Waals surface area contributed by atoms with Crippen molar-refractivity contribution in [1.29, 1.82) is 0 Å². The van der Waals surface area contributed by atoms with Crippen molar-refractivity contribution in [2.45, 2.75) is 32.2 Å². The first-order chi connectivity index (χ1) is 9.69. The van der Waals surface area contributed by atoms with Crippen molar-refractivity contribution < 1.29 is 0 Å². The molecule has 0 spiro atoms. The second-order valence-electron chi connectivity index (χ2n) is 4.97. The maximum atomic E-state index is 5.90. The molecule has 0 bridgehead atoms. The van der Waals surface area contributed by atoms with Gasteiger partial charge in [-0.1, -0.05) is 18.5 Å². The smallest absolute Gasteiger partial charge is 0.0589 e. The van der Waals surface area contributed by atoms with Gasteiger partial charge in [0, 0.05) is 25.5 Å². The van der Waals surface area contributed by atoms with Crippen LogP contribution in [0.1, 0.15) is 37.1 Å². The molecule has 0 aliphatic heterocycles. The van der Waals surface area contributed by atoms with Gasteiger partial charge in [0.05, 0.1) is 16.9 Å². The van der Waals surface area contributed by atoms with Crippen molar-refractivity contribution in [1.82, 2.24) is 20.1 Å². The van der Waals surface area contributed by atoms with E-state index < -0.39 is 0 Å². The molecule has 2 rings (SSSR count). The van der Waals surface area contributed by atoms with E-state index in [0.717, 1.165) is 31.5 Å². The molecule has 1 atom stereocenters. The van der Waals surface area contributed by atoms with Crippen LogP contribution >= 0.6 is 11.6 Å². The summed E-state index contributed by atoms with van der Waals surface area (Å²) in [6.07, 6.45) is 8.79. The van der Waals surface area contributed by atoms with E-state index in [4.69, 9.17) is 11.6 Å². The summed E-state index contributed by atoms with van der Waals surface area (Å²) in [6.45, 7) is 3.16. The monoisotopic (exact) mass is 292 g/mol. The summed E-state index contributed by atoms with van der Waals surface area (Å²) in [4.78, 5) is 4.43. The van der Waals surface area contributed by atoms with Crippen LogP contribution in [-0.2, 0) is 13.5 Å². The third kappa shape index (κ3) is 4.32. The normalized spacial score (nSPS) is 12.6. The van der Waals surface area contributed by atoms with Crippen molar-refractivity contribution in [3.8, 4) is 0 Å². The summed E-state index contributed by atoms with van der Waals surface area (Å²) in [5, 5.41) is 8.43. The molecule has 4 nitrogen and oxygen atoms in total. The highest BCUT2D eigenvalue weighted by atomic mass is 35.5. The first-order valence-electron chi connectivity index (χ1n) is 7.01. The van der Waals surface area contributed by atoms with Crippen LogP contribution < -0.4 is 5.32 Å². The first kappa shape index (κ1) is 15.0. The molecule has 5 heteroatoms. The lowest BCUT2D eigenvalue weighted by Crippen LogP contribution is -2.23. The second kappa shape index (κ2) is 7.41. The van der Waals surface area contributed by atoms with Crippen LogP contribution in [0.4, 0.5) is 0 Å². The van der Waals surface area contributed by atoms with Gasteiger partial charge in [-0.15, -0.1) is 0 Å². The number of aromatic nitrogens is 3. The van der Waals surface area contributed by atoms with E-state index in [9.17, 15) is 0 Å². The van der Waals surface area contributed by atoms with Crippen molar-refractivity contribution in [2.24, 2.45) is 7.05 Å². The fourth-order valence-corrected chi connectivity index (χ4v) is 2.29. The molecule has 0 saturated carbocycles. The van der Waals surface area contributed by atoms with Crippen LogP contribution in [0.25, 0.3) is 0 Å². The van der Waals surface area contributed by atoms with Crippen molar-refractivity contribution in [3.63, 3.8) is 0 Å². The van der Waals surface area contributed by atoms with E-state index >= 15 is 0 Å². The number of nitrogens with zero attached hydrogens (tertiary/aromatic N) is 3. The summed E-state index contributed by atoms with van der Waals surface area (Å²) in [5.74, 6) is 0. The van der Waals surface area contributed by atoms with Crippen LogP contribution in [0.5, 0.6) is 0 Å². The van der Waals surface area contributed by atoms with Gasteiger partial charge in [-0.2, -0.15) is 5.10 Å². The molecule has 0 saturated heterocycles. The lowest BCUT2D eigenvalue weighted by atomic mass is 10.0. The maximum Gasteiger partial charge on any atom is 0.0589 e. The number of halogens is 1. The molecule has 0 amide bonds. The Morgan fingerprint density at radius 3 is 2.80 bits per heavy atom. The molecule has 0 fully saturated rings. The molecular weight excluding hydrogens is 272 g/mol. The zero-order chi connectivity index (χ0) is 14.4. The molecule has 108 valence electrons. The minimum atomic E-state index is 0.257. The highest BCUT2D eigenvalue weighted by molar-refractivity contribution is 6.30. The van der Waals surface area contributed by atoms with E-state index in [-0.39, 0.29) is 6.04 Å². The molecule has 20 heavy (non-hydrogen) atoms. The summed E-state index contributed by atoms with van der Waals surface area (Å²) in [5.41, 5.74) is 2.30. The third-order valence-corrected chi connectivity index (χ3v) is 3.45. The molecule has 2 aromatic heterocycles. The molecule has 1 unspecified atom stereocenters. The fourth-order valence-electron chi connectivity index (χ4n) is 2.18. The SMILES string of the molecule is CCCNC(CCc1cnn(C)c1)c1ccc(Cl)cn1. The van der Waals surface area contributed by atoms with E-state index in [2.05, 4.69) is 28.5 Å². The fraction of sp³-hybridized carbons (Fsp3) is 0.467. The Morgan fingerprint density at radius 2 is 2.20 bits per heavy atom. The van der Waals surface area contributed by atoms with Gasteiger partial charge in [-0.25, -0.2) is 0 Å². The molecule has 2 heterocycles. The van der Waals surface area contributed by atoms with E-state index in [1.807, 2.05) is 30.1 Å². The number of pyridine rings is 1. The number of nitrogens with one attached hydrogen (secondary N) is 1. The molecule has 1 N–H and O–H groups in total. The van der Waals surface area contributed by atoms with Gasteiger partial charge in [0.25, 0.3) is 0 Å². The summed E-state index contributed by atoms with van der Waals surface area (Å²) < 4.78 is 1.84. The minimum absolute atomic E-state index is 0.257. The standard InChI is InChI=1S/C15H21ClN4/c1-3-8-17-14(15-7-5-13(16)10-18-15)6-4-12-9-19-20(2)11-12/h5,7,9-11,14,17H,3-4,6,8H2,1-2H3. The maximum absolute atomic E-state index is 5.90. The zero-order valence-corrected chi connectivity index (χ0v) is 12.8. The number of hydrogen-bond acceptors (Lipinski definition) is 3. The largest absolute Gasteiger partial charge is 0.309 e. The highest BCUT2D eigenvalue weighted by Crippen LogP contribution is 2.19. The third-order valence-electron chi connectivity index (χ3n) is 3.23. The number of rotatable bonds is 7. The Labute approximate surface area is 125 Å². The lowest BCUT2D eigenvalue weighted by molar-refractivity contribution is 0.489. The Kier molecular flexibility index (Phi) is 5.56. The Balaban J connectivity index is 2.01. The Hall–Kier alpha value is -1.39. The first-order valence-corrected chi connectivity index (χ1v) is 7.39. The van der Waals surface area contributed by atoms with Gasteiger partial charge in [0.2, 0.25) is 0 Å². The lowest BCUT2D eigenvalue weighted by Gasteiger charge is -2.17. The highest BCUT2D eigenvalue weighted by Gasteiger charge is 2.12. The quantitative estimate of drug-likeness (QED) is 0.852. The predicted octanol–water partition coefficient (Wildman–Crippen LogP) is 3.14. The number of hydrogen-bond donors (Lipinski definition) is 1. The van der Waals surface area contributed by atoms with Crippen LogP contribution in [0.2, 0.25) is 5.02 Å². The summed E-state index contributed by atoms with van der Waals surface area (Å²) in [7, 11) is 1.94. The van der Waals surface area contributed by atoms with Gasteiger partial charge in [-0.3, -0.25) is 9.67 Å². The molecule has 0 radical (unpaired) electrons. The van der Waals surface area contributed by atoms with Crippen LogP contribution in [0.3, 0.4) is 0 Å². The average molecular weight is 293 g/mol. The van der Waals surface area contributed by atoms with Crippen molar-refractivity contribution in [2.75, 3.05) is 6.54 Å². The van der Waals surface area contributed by atoms with E-state index in [1.54, 1.807) is 6.20 Å². The van der Waals surface area contributed by atoms with Gasteiger partial charge in [-0.05, 0) is 43.5 Å². The van der Waals surface area contributed by atoms with Gasteiger partial charge < -0.3 is 5.32 Å². The molecule has 0 aliphatic carbocycles. The van der Waals surface area contributed by atoms with Gasteiger partial charge >= 0.3 is 0 Å². The molecule has 2 aromatic rings. The van der Waals surface area contributed by atoms with Crippen LogP contribution in [0, 0.1) is 0 Å². The van der Waals surface area contributed by atoms with Crippen molar-refractivity contribution >= 4 is 11.6 Å². The Bertz CT molecular complexity index is 521. The molecule has 0 aliphatic rings. The van der Waals surface area contributed by atoms with Crippen LogP contribution in [0.15, 0.2) is 30.7 Å². The Morgan fingerprint density at radius 1 is 1.35 bits per heavy atom. The van der Waals surface area contributed by atoms with Gasteiger partial charge in [0.1, 0.15) is 0 Å². The molecular formula is C15H21ClN4. The zero-order valence-electron chi connectivity index (χ0n) is 12.0. The summed E-state index contributed by atoms with van der Waals surface area (Å²) >= 11 is 5.90. The number of aryl methyl sites for hydroxylation is 2. The molecule has 0 aromatic carbocycles. The van der Waals surface area contributed by atoms with E-state index in [0.29, 0.717) is 5.02 Å². The van der Waals surface area contributed by atoms with Gasteiger partial charge in [0.15, 0.2) is 0 Å². The minimum Gasteiger partial charge on any atom is -0.309 e.